The fraction of sp³-hybridized carbons (Fsp3) is 0.438. The molecule has 0 unspecified atom stereocenters. The quantitative estimate of drug-likeness (QED) is 0.913. The van der Waals surface area contributed by atoms with Crippen LogP contribution in [-0.4, -0.2) is 28.6 Å². The molecule has 0 spiro atoms. The van der Waals surface area contributed by atoms with E-state index in [9.17, 15) is 0 Å². The maximum absolute atomic E-state index is 5.20. The standard InChI is InChI=1S/C16H20N4O/c1-3-17-15-18-14(19-16(20-15)21-2)13-10-5-4-9-12(13)11-7-6-8-11/h4-5,9-11H,3,6-8H2,1-2H3,(H,17,18,19,20). The van der Waals surface area contributed by atoms with E-state index in [1.807, 2.05) is 13.0 Å². The average molecular weight is 284 g/mol. The molecule has 1 aliphatic carbocycles. The Morgan fingerprint density at radius 2 is 2.00 bits per heavy atom. The van der Waals surface area contributed by atoms with E-state index in [4.69, 9.17) is 4.74 Å². The minimum atomic E-state index is 0.347. The number of nitrogens with one attached hydrogen (secondary N) is 1. The van der Waals surface area contributed by atoms with Gasteiger partial charge in [-0.2, -0.15) is 15.0 Å². The van der Waals surface area contributed by atoms with Gasteiger partial charge in [0, 0.05) is 12.1 Å². The van der Waals surface area contributed by atoms with Gasteiger partial charge in [-0.05, 0) is 31.2 Å². The number of nitrogens with zero attached hydrogens (tertiary/aromatic N) is 3. The Hall–Kier alpha value is -2.17. The number of methoxy groups -OCH3 is 1. The second-order valence-electron chi connectivity index (χ2n) is 5.21. The molecule has 1 aromatic heterocycles. The fourth-order valence-electron chi connectivity index (χ4n) is 2.58. The van der Waals surface area contributed by atoms with E-state index in [0.717, 1.165) is 12.1 Å². The van der Waals surface area contributed by atoms with Gasteiger partial charge in [0.25, 0.3) is 0 Å². The molecule has 0 radical (unpaired) electrons. The van der Waals surface area contributed by atoms with Crippen LogP contribution in [-0.2, 0) is 0 Å². The van der Waals surface area contributed by atoms with Gasteiger partial charge in [0.05, 0.1) is 7.11 Å². The highest BCUT2D eigenvalue weighted by atomic mass is 16.5. The molecule has 2 aromatic rings. The lowest BCUT2D eigenvalue weighted by atomic mass is 9.78. The minimum Gasteiger partial charge on any atom is -0.467 e. The summed E-state index contributed by atoms with van der Waals surface area (Å²) in [5.74, 6) is 1.87. The van der Waals surface area contributed by atoms with E-state index < -0.39 is 0 Å². The van der Waals surface area contributed by atoms with E-state index >= 15 is 0 Å². The molecule has 1 saturated carbocycles. The molecule has 1 fully saturated rings. The van der Waals surface area contributed by atoms with Crippen molar-refractivity contribution in [3.63, 3.8) is 0 Å². The molecule has 0 bridgehead atoms. The van der Waals surface area contributed by atoms with Gasteiger partial charge in [0.2, 0.25) is 5.95 Å². The first-order valence-corrected chi connectivity index (χ1v) is 7.45. The van der Waals surface area contributed by atoms with E-state index in [1.165, 1.54) is 24.8 Å². The van der Waals surface area contributed by atoms with Gasteiger partial charge in [0.15, 0.2) is 5.82 Å². The number of aromatic nitrogens is 3. The predicted octanol–water partition coefficient (Wildman–Crippen LogP) is 3.25. The molecule has 21 heavy (non-hydrogen) atoms. The highest BCUT2D eigenvalue weighted by Crippen LogP contribution is 2.40. The minimum absolute atomic E-state index is 0.347. The number of hydrogen-bond donors (Lipinski definition) is 1. The van der Waals surface area contributed by atoms with Crippen molar-refractivity contribution in [1.82, 2.24) is 15.0 Å². The van der Waals surface area contributed by atoms with Crippen LogP contribution in [0.25, 0.3) is 11.4 Å². The van der Waals surface area contributed by atoms with Gasteiger partial charge in [0.1, 0.15) is 0 Å². The number of rotatable bonds is 5. The third-order valence-corrected chi connectivity index (χ3v) is 3.88. The molecule has 0 atom stereocenters. The number of anilines is 1. The maximum Gasteiger partial charge on any atom is 0.321 e. The Morgan fingerprint density at radius 1 is 1.19 bits per heavy atom. The Morgan fingerprint density at radius 3 is 2.67 bits per heavy atom. The highest BCUT2D eigenvalue weighted by molar-refractivity contribution is 5.62. The summed E-state index contributed by atoms with van der Waals surface area (Å²) in [6.07, 6.45) is 3.81. The van der Waals surface area contributed by atoms with Gasteiger partial charge in [-0.15, -0.1) is 0 Å². The Balaban J connectivity index is 2.05. The molecule has 1 aromatic carbocycles. The first-order valence-electron chi connectivity index (χ1n) is 7.45. The van der Waals surface area contributed by atoms with Crippen molar-refractivity contribution in [2.24, 2.45) is 0 Å². The Bertz CT molecular complexity index is 625. The van der Waals surface area contributed by atoms with Crippen LogP contribution < -0.4 is 10.1 Å². The summed E-state index contributed by atoms with van der Waals surface area (Å²) in [4.78, 5) is 13.2. The Kier molecular flexibility index (Phi) is 3.99. The average Bonchev–Trinajstić information content (AvgIpc) is 2.46. The van der Waals surface area contributed by atoms with Crippen molar-refractivity contribution >= 4 is 5.95 Å². The summed E-state index contributed by atoms with van der Waals surface area (Å²) in [5, 5.41) is 3.13. The summed E-state index contributed by atoms with van der Waals surface area (Å²) >= 11 is 0. The maximum atomic E-state index is 5.20. The molecule has 3 rings (SSSR count). The Labute approximate surface area is 124 Å². The first kappa shape index (κ1) is 13.8. The molecule has 1 heterocycles. The van der Waals surface area contributed by atoms with Crippen LogP contribution in [0.1, 0.15) is 37.7 Å². The lowest BCUT2D eigenvalue weighted by Crippen LogP contribution is -2.11. The molecular weight excluding hydrogens is 264 g/mol. The van der Waals surface area contributed by atoms with Crippen LogP contribution in [0, 0.1) is 0 Å². The van der Waals surface area contributed by atoms with Crippen molar-refractivity contribution in [2.75, 3.05) is 19.0 Å². The predicted molar refractivity (Wildman–Crippen MR) is 82.6 cm³/mol. The lowest BCUT2D eigenvalue weighted by molar-refractivity contribution is 0.379. The number of hydrogen-bond acceptors (Lipinski definition) is 5. The zero-order valence-corrected chi connectivity index (χ0v) is 12.5. The van der Waals surface area contributed by atoms with E-state index in [0.29, 0.717) is 23.7 Å². The largest absolute Gasteiger partial charge is 0.467 e. The van der Waals surface area contributed by atoms with E-state index in [-0.39, 0.29) is 0 Å². The van der Waals surface area contributed by atoms with Gasteiger partial charge in [-0.25, -0.2) is 0 Å². The summed E-state index contributed by atoms with van der Waals surface area (Å²) in [6, 6.07) is 8.72. The van der Waals surface area contributed by atoms with Crippen LogP contribution in [0.2, 0.25) is 0 Å². The summed E-state index contributed by atoms with van der Waals surface area (Å²) in [7, 11) is 1.58. The van der Waals surface area contributed by atoms with Crippen molar-refractivity contribution in [2.45, 2.75) is 32.1 Å². The van der Waals surface area contributed by atoms with Crippen molar-refractivity contribution in [3.05, 3.63) is 29.8 Å². The first-order chi connectivity index (χ1) is 10.3. The summed E-state index contributed by atoms with van der Waals surface area (Å²) in [5.41, 5.74) is 2.42. The van der Waals surface area contributed by atoms with Crippen LogP contribution >= 0.6 is 0 Å². The van der Waals surface area contributed by atoms with Crippen LogP contribution in [0.4, 0.5) is 5.95 Å². The smallest absolute Gasteiger partial charge is 0.321 e. The highest BCUT2D eigenvalue weighted by Gasteiger charge is 2.23. The lowest BCUT2D eigenvalue weighted by Gasteiger charge is -2.27. The summed E-state index contributed by atoms with van der Waals surface area (Å²) < 4.78 is 5.20. The molecule has 0 aliphatic heterocycles. The molecule has 1 aliphatic rings. The van der Waals surface area contributed by atoms with Gasteiger partial charge >= 0.3 is 6.01 Å². The SMILES string of the molecule is CCNc1nc(OC)nc(-c2ccccc2C2CCC2)n1. The van der Waals surface area contributed by atoms with Crippen LogP contribution in [0.5, 0.6) is 6.01 Å². The van der Waals surface area contributed by atoms with E-state index in [1.54, 1.807) is 7.11 Å². The summed E-state index contributed by atoms with van der Waals surface area (Å²) in [6.45, 7) is 2.77. The van der Waals surface area contributed by atoms with Gasteiger partial charge < -0.3 is 10.1 Å². The second-order valence-corrected chi connectivity index (χ2v) is 5.21. The molecule has 5 heteroatoms. The second kappa shape index (κ2) is 6.08. The normalized spacial score (nSPS) is 14.6. The molecule has 1 N–H and O–H groups in total. The monoisotopic (exact) mass is 284 g/mol. The van der Waals surface area contributed by atoms with Gasteiger partial charge in [-0.3, -0.25) is 0 Å². The van der Waals surface area contributed by atoms with Gasteiger partial charge in [-0.1, -0.05) is 30.7 Å². The zero-order valence-electron chi connectivity index (χ0n) is 12.5. The van der Waals surface area contributed by atoms with Crippen molar-refractivity contribution in [1.29, 1.82) is 0 Å². The fourth-order valence-corrected chi connectivity index (χ4v) is 2.58. The molecule has 110 valence electrons. The number of benzene rings is 1. The van der Waals surface area contributed by atoms with Crippen LogP contribution in [0.15, 0.2) is 24.3 Å². The molecular formula is C16H20N4O. The molecule has 5 nitrogen and oxygen atoms in total. The topological polar surface area (TPSA) is 59.9 Å². The van der Waals surface area contributed by atoms with Crippen molar-refractivity contribution < 1.29 is 4.74 Å². The van der Waals surface area contributed by atoms with Crippen LogP contribution in [0.3, 0.4) is 0 Å². The molecule has 0 amide bonds. The van der Waals surface area contributed by atoms with Crippen molar-refractivity contribution in [3.8, 4) is 17.4 Å². The third kappa shape index (κ3) is 2.82. The van der Waals surface area contributed by atoms with E-state index in [2.05, 4.69) is 38.5 Å². The third-order valence-electron chi connectivity index (χ3n) is 3.88. The molecule has 0 saturated heterocycles. The zero-order chi connectivity index (χ0) is 14.7. The number of ether oxygens (including phenoxy) is 1.